The second kappa shape index (κ2) is 6.11. The van der Waals surface area contributed by atoms with Crippen molar-refractivity contribution in [1.82, 2.24) is 5.06 Å². The Balaban J connectivity index is 2.44. The first-order valence-electron chi connectivity index (χ1n) is 6.11. The molecule has 110 valence electrons. The fourth-order valence-electron chi connectivity index (χ4n) is 1.99. The minimum Gasteiger partial charge on any atom is -0.507 e. The van der Waals surface area contributed by atoms with Gasteiger partial charge in [-0.3, -0.25) is 15.1 Å². The number of hydroxylamine groups is 2. The number of allylic oxidation sites excluding steroid dienone is 3. The molecule has 0 radical (unpaired) electrons. The van der Waals surface area contributed by atoms with E-state index in [9.17, 15) is 19.5 Å². The molecule has 1 aliphatic carbocycles. The average Bonchev–Trinajstić information content (AvgIpc) is 2.40. The molecule has 0 unspecified atom stereocenters. The molecule has 0 saturated carbocycles. The molecule has 0 aliphatic heterocycles. The summed E-state index contributed by atoms with van der Waals surface area (Å²) in [5, 5.41) is 20.2. The Morgan fingerprint density at radius 3 is 2.71 bits per heavy atom. The Labute approximate surface area is 126 Å². The lowest BCUT2D eigenvalue weighted by atomic mass is 9.93. The van der Waals surface area contributed by atoms with Crippen molar-refractivity contribution >= 4 is 17.4 Å². The summed E-state index contributed by atoms with van der Waals surface area (Å²) in [5.74, 6) is -1.28. The molecular formula is C15H13ClFNO3. The van der Waals surface area contributed by atoms with E-state index in [0.29, 0.717) is 0 Å². The van der Waals surface area contributed by atoms with E-state index in [-0.39, 0.29) is 33.9 Å². The van der Waals surface area contributed by atoms with E-state index in [4.69, 9.17) is 11.6 Å². The quantitative estimate of drug-likeness (QED) is 0.842. The number of benzene rings is 1. The van der Waals surface area contributed by atoms with Crippen molar-refractivity contribution in [3.8, 4) is 0 Å². The van der Waals surface area contributed by atoms with Gasteiger partial charge in [-0.2, -0.15) is 0 Å². The van der Waals surface area contributed by atoms with Crippen LogP contribution in [0, 0.1) is 5.82 Å². The van der Waals surface area contributed by atoms with Crippen molar-refractivity contribution < 1.29 is 19.5 Å². The molecule has 0 aromatic heterocycles. The summed E-state index contributed by atoms with van der Waals surface area (Å²) in [6, 6.07) is 4.21. The van der Waals surface area contributed by atoms with Crippen LogP contribution in [0.15, 0.2) is 53.5 Å². The predicted octanol–water partition coefficient (Wildman–Crippen LogP) is 3.18. The Bertz CT molecular complexity index is 657. The maximum Gasteiger partial charge on any atom is 0.185 e. The Kier molecular flexibility index (Phi) is 4.45. The van der Waals surface area contributed by atoms with E-state index < -0.39 is 11.6 Å². The van der Waals surface area contributed by atoms with Crippen molar-refractivity contribution in [3.63, 3.8) is 0 Å². The van der Waals surface area contributed by atoms with Gasteiger partial charge in [-0.1, -0.05) is 17.7 Å². The zero-order valence-electron chi connectivity index (χ0n) is 11.2. The molecule has 6 heteroatoms. The van der Waals surface area contributed by atoms with Gasteiger partial charge in [0.15, 0.2) is 5.78 Å². The Hall–Kier alpha value is -2.11. The molecule has 0 heterocycles. The second-order valence-electron chi connectivity index (χ2n) is 4.56. The van der Waals surface area contributed by atoms with Gasteiger partial charge in [-0.05, 0) is 24.3 Å². The van der Waals surface area contributed by atoms with Crippen LogP contribution in [0.1, 0.15) is 5.56 Å². The van der Waals surface area contributed by atoms with Gasteiger partial charge in [0.1, 0.15) is 11.6 Å². The molecule has 2 rings (SSSR count). The summed E-state index contributed by atoms with van der Waals surface area (Å²) in [5.41, 5.74) is 0.417. The number of nitrogens with zero attached hydrogens (tertiary/aromatic N) is 1. The number of carbonyl (C=O) groups is 1. The molecule has 0 saturated heterocycles. The van der Waals surface area contributed by atoms with Gasteiger partial charge in [0.25, 0.3) is 0 Å². The molecule has 0 fully saturated rings. The highest BCUT2D eigenvalue weighted by Gasteiger charge is 2.22. The van der Waals surface area contributed by atoms with Gasteiger partial charge in [0.05, 0.1) is 0 Å². The topological polar surface area (TPSA) is 60.8 Å². The number of carbonyl (C=O) groups excluding carboxylic acids is 1. The first-order valence-corrected chi connectivity index (χ1v) is 6.49. The highest BCUT2D eigenvalue weighted by molar-refractivity contribution is 6.31. The number of ketones is 1. The van der Waals surface area contributed by atoms with Crippen LogP contribution >= 0.6 is 11.6 Å². The van der Waals surface area contributed by atoms with Crippen LogP contribution in [-0.4, -0.2) is 28.2 Å². The lowest BCUT2D eigenvalue weighted by molar-refractivity contribution is -0.111. The van der Waals surface area contributed by atoms with E-state index >= 15 is 0 Å². The molecule has 1 aromatic carbocycles. The number of halogens is 2. The third-order valence-corrected chi connectivity index (χ3v) is 3.37. The smallest absolute Gasteiger partial charge is 0.185 e. The van der Waals surface area contributed by atoms with Gasteiger partial charge in [-0.15, -0.1) is 0 Å². The summed E-state index contributed by atoms with van der Waals surface area (Å²) in [7, 11) is 1.36. The van der Waals surface area contributed by atoms with Crippen molar-refractivity contribution in [2.45, 2.75) is 6.42 Å². The Morgan fingerprint density at radius 1 is 1.38 bits per heavy atom. The zero-order chi connectivity index (χ0) is 15.6. The minimum absolute atomic E-state index is 0.0256. The van der Waals surface area contributed by atoms with Crippen LogP contribution in [-0.2, 0) is 11.2 Å². The fourth-order valence-corrected chi connectivity index (χ4v) is 2.22. The molecule has 1 aromatic rings. The van der Waals surface area contributed by atoms with Gasteiger partial charge in [0.2, 0.25) is 0 Å². The van der Waals surface area contributed by atoms with E-state index in [0.717, 1.165) is 5.06 Å². The van der Waals surface area contributed by atoms with Gasteiger partial charge >= 0.3 is 0 Å². The lowest BCUT2D eigenvalue weighted by Gasteiger charge is -2.16. The number of aliphatic hydroxyl groups excluding tert-OH is 1. The summed E-state index contributed by atoms with van der Waals surface area (Å²) >= 11 is 5.93. The average molecular weight is 310 g/mol. The first kappa shape index (κ1) is 15.3. The van der Waals surface area contributed by atoms with E-state index in [1.807, 2.05) is 0 Å². The molecular weight excluding hydrogens is 297 g/mol. The third kappa shape index (κ3) is 3.32. The summed E-state index contributed by atoms with van der Waals surface area (Å²) < 4.78 is 13.8. The third-order valence-electron chi connectivity index (χ3n) is 3.01. The lowest BCUT2D eigenvalue weighted by Crippen LogP contribution is -2.14. The van der Waals surface area contributed by atoms with E-state index in [1.165, 1.54) is 43.6 Å². The normalized spacial score (nSPS) is 16.8. The van der Waals surface area contributed by atoms with E-state index in [2.05, 4.69) is 0 Å². The molecule has 2 N–H and O–H groups in total. The summed E-state index contributed by atoms with van der Waals surface area (Å²) in [6.45, 7) is 0. The number of hydrogen-bond acceptors (Lipinski definition) is 4. The van der Waals surface area contributed by atoms with Gasteiger partial charge in [-0.25, -0.2) is 4.39 Å². The number of aliphatic hydroxyl groups is 1. The maximum atomic E-state index is 13.8. The molecule has 4 nitrogen and oxygen atoms in total. The monoisotopic (exact) mass is 309 g/mol. The maximum absolute atomic E-state index is 13.8. The first-order chi connectivity index (χ1) is 9.90. The van der Waals surface area contributed by atoms with Crippen LogP contribution < -0.4 is 0 Å². The standard InChI is InChI=1S/C15H13ClFNO3/c1-18(21)8-9-5-6-14(19)11(15(9)20)7-10-12(16)3-2-4-13(10)17/h2-6,8,20-21H,7H2,1H3/b9-8+. The highest BCUT2D eigenvalue weighted by Crippen LogP contribution is 2.27. The molecule has 21 heavy (non-hydrogen) atoms. The largest absolute Gasteiger partial charge is 0.507 e. The van der Waals surface area contributed by atoms with Crippen molar-refractivity contribution in [2.24, 2.45) is 0 Å². The van der Waals surface area contributed by atoms with Crippen LogP contribution in [0.25, 0.3) is 0 Å². The molecule has 0 spiro atoms. The van der Waals surface area contributed by atoms with Crippen LogP contribution in [0.5, 0.6) is 0 Å². The van der Waals surface area contributed by atoms with Crippen LogP contribution in [0.3, 0.4) is 0 Å². The zero-order valence-corrected chi connectivity index (χ0v) is 11.9. The SMILES string of the molecule is CN(O)/C=C1\C=CC(=O)C(Cc2c(F)cccc2Cl)=C1O. The Morgan fingerprint density at radius 2 is 2.10 bits per heavy atom. The summed E-state index contributed by atoms with van der Waals surface area (Å²) in [4.78, 5) is 11.9. The number of hydrogen-bond donors (Lipinski definition) is 2. The van der Waals surface area contributed by atoms with Crippen LogP contribution in [0.2, 0.25) is 5.02 Å². The molecule has 0 atom stereocenters. The minimum atomic E-state index is -0.546. The van der Waals surface area contributed by atoms with Gasteiger partial charge < -0.3 is 5.11 Å². The van der Waals surface area contributed by atoms with Crippen molar-refractivity contribution in [1.29, 1.82) is 0 Å². The predicted molar refractivity (Wildman–Crippen MR) is 76.5 cm³/mol. The fraction of sp³-hybridized carbons (Fsp3) is 0.133. The van der Waals surface area contributed by atoms with Crippen molar-refractivity contribution in [3.05, 3.63) is 69.9 Å². The highest BCUT2D eigenvalue weighted by atomic mass is 35.5. The molecule has 0 amide bonds. The molecule has 1 aliphatic rings. The van der Waals surface area contributed by atoms with Gasteiger partial charge in [0, 0.05) is 41.4 Å². The van der Waals surface area contributed by atoms with Crippen molar-refractivity contribution in [2.75, 3.05) is 7.05 Å². The van der Waals surface area contributed by atoms with E-state index in [1.54, 1.807) is 0 Å². The summed E-state index contributed by atoms with van der Waals surface area (Å²) in [6.07, 6.45) is 3.73. The number of rotatable bonds is 3. The second-order valence-corrected chi connectivity index (χ2v) is 4.97. The van der Waals surface area contributed by atoms with Crippen LogP contribution in [0.4, 0.5) is 4.39 Å². The molecule has 0 bridgehead atoms.